The van der Waals surface area contributed by atoms with E-state index in [9.17, 15) is 14.7 Å². The van der Waals surface area contributed by atoms with Crippen LogP contribution >= 0.6 is 0 Å². The van der Waals surface area contributed by atoms with Gasteiger partial charge in [0.1, 0.15) is 17.5 Å². The molecular formula is C29H41N3O4. The SMILES string of the molecule is CC(C)CC(NC(=O)C1CCNCC1)C(=O)N(CCCOc1ccccc1)CCc1ccccc1O. The number of para-hydroxylation sites is 2. The zero-order chi connectivity index (χ0) is 25.8. The quantitative estimate of drug-likeness (QED) is 0.368. The predicted octanol–water partition coefficient (Wildman–Crippen LogP) is 3.76. The zero-order valence-corrected chi connectivity index (χ0v) is 21.6. The number of rotatable bonds is 13. The molecule has 0 radical (unpaired) electrons. The molecule has 1 unspecified atom stereocenters. The van der Waals surface area contributed by atoms with E-state index in [1.807, 2.05) is 47.4 Å². The Kier molecular flexibility index (Phi) is 11.1. The molecule has 0 aliphatic carbocycles. The molecule has 0 saturated carbocycles. The first-order chi connectivity index (χ1) is 17.4. The second-order valence-corrected chi connectivity index (χ2v) is 9.93. The van der Waals surface area contributed by atoms with Crippen molar-refractivity contribution in [2.75, 3.05) is 32.8 Å². The van der Waals surface area contributed by atoms with Crippen LogP contribution < -0.4 is 15.4 Å². The lowest BCUT2D eigenvalue weighted by Crippen LogP contribution is -2.52. The number of aromatic hydroxyl groups is 1. The van der Waals surface area contributed by atoms with E-state index in [4.69, 9.17) is 4.74 Å². The lowest BCUT2D eigenvalue weighted by molar-refractivity contribution is -0.138. The third kappa shape index (κ3) is 8.86. The van der Waals surface area contributed by atoms with Gasteiger partial charge in [0.15, 0.2) is 0 Å². The molecule has 0 aromatic heterocycles. The van der Waals surface area contributed by atoms with Gasteiger partial charge in [0.25, 0.3) is 0 Å². The summed E-state index contributed by atoms with van der Waals surface area (Å²) in [4.78, 5) is 28.6. The van der Waals surface area contributed by atoms with Crippen LogP contribution in [0.4, 0.5) is 0 Å². The highest BCUT2D eigenvalue weighted by Crippen LogP contribution is 2.18. The standard InChI is InChI=1S/C29H41N3O4/c1-22(2)21-26(31-28(34)24-13-16-30-17-14-24)29(35)32(19-15-23-9-6-7-12-27(23)33)18-8-20-36-25-10-4-3-5-11-25/h3-7,9-12,22,24,26,30,33H,8,13-21H2,1-2H3,(H,31,34). The fourth-order valence-electron chi connectivity index (χ4n) is 4.56. The number of nitrogens with one attached hydrogen (secondary N) is 2. The second-order valence-electron chi connectivity index (χ2n) is 9.93. The zero-order valence-electron chi connectivity index (χ0n) is 21.6. The molecule has 0 bridgehead atoms. The van der Waals surface area contributed by atoms with Crippen LogP contribution in [0.3, 0.4) is 0 Å². The van der Waals surface area contributed by atoms with Crippen LogP contribution in [-0.2, 0) is 16.0 Å². The van der Waals surface area contributed by atoms with Gasteiger partial charge < -0.3 is 25.4 Å². The Bertz CT molecular complexity index is 945. The number of piperidine rings is 1. The Balaban J connectivity index is 1.67. The van der Waals surface area contributed by atoms with Crippen molar-refractivity contribution in [2.24, 2.45) is 11.8 Å². The maximum Gasteiger partial charge on any atom is 0.245 e. The van der Waals surface area contributed by atoms with Gasteiger partial charge in [-0.05, 0) is 74.9 Å². The molecule has 1 aliphatic heterocycles. The molecule has 1 atom stereocenters. The number of hydrogen-bond donors (Lipinski definition) is 3. The first-order valence-electron chi connectivity index (χ1n) is 13.2. The monoisotopic (exact) mass is 495 g/mol. The van der Waals surface area contributed by atoms with Crippen LogP contribution in [0.5, 0.6) is 11.5 Å². The smallest absolute Gasteiger partial charge is 0.245 e. The average Bonchev–Trinajstić information content (AvgIpc) is 2.89. The minimum absolute atomic E-state index is 0.0245. The number of benzene rings is 2. The van der Waals surface area contributed by atoms with E-state index < -0.39 is 6.04 Å². The summed E-state index contributed by atoms with van der Waals surface area (Å²) in [5.74, 6) is 1.15. The Morgan fingerprint density at radius 3 is 2.44 bits per heavy atom. The summed E-state index contributed by atoms with van der Waals surface area (Å²) >= 11 is 0. The minimum Gasteiger partial charge on any atom is -0.508 e. The van der Waals surface area contributed by atoms with Crippen LogP contribution in [0.1, 0.15) is 45.1 Å². The van der Waals surface area contributed by atoms with Gasteiger partial charge in [0.2, 0.25) is 11.8 Å². The molecule has 1 fully saturated rings. The topological polar surface area (TPSA) is 90.9 Å². The molecule has 196 valence electrons. The van der Waals surface area contributed by atoms with Crippen LogP contribution in [-0.4, -0.2) is 60.6 Å². The van der Waals surface area contributed by atoms with E-state index in [1.54, 1.807) is 12.1 Å². The highest BCUT2D eigenvalue weighted by atomic mass is 16.5. The number of phenols is 1. The lowest BCUT2D eigenvalue weighted by atomic mass is 9.95. The van der Waals surface area contributed by atoms with Gasteiger partial charge in [-0.3, -0.25) is 9.59 Å². The Morgan fingerprint density at radius 2 is 1.75 bits per heavy atom. The lowest BCUT2D eigenvalue weighted by Gasteiger charge is -2.31. The van der Waals surface area contributed by atoms with Gasteiger partial charge in [-0.2, -0.15) is 0 Å². The van der Waals surface area contributed by atoms with Crippen molar-refractivity contribution in [2.45, 2.75) is 52.0 Å². The molecule has 2 aromatic rings. The summed E-state index contributed by atoms with van der Waals surface area (Å²) in [7, 11) is 0. The Labute approximate surface area is 215 Å². The fraction of sp³-hybridized carbons (Fsp3) is 0.517. The number of nitrogens with zero attached hydrogens (tertiary/aromatic N) is 1. The molecule has 1 heterocycles. The van der Waals surface area contributed by atoms with E-state index in [0.717, 1.165) is 37.2 Å². The summed E-state index contributed by atoms with van der Waals surface area (Å²) in [5, 5.41) is 16.6. The molecule has 36 heavy (non-hydrogen) atoms. The third-order valence-electron chi connectivity index (χ3n) is 6.57. The molecule has 2 amide bonds. The molecular weight excluding hydrogens is 454 g/mol. The number of carbonyl (C=O) groups excluding carboxylic acids is 2. The molecule has 1 saturated heterocycles. The minimum atomic E-state index is -0.563. The molecule has 1 aliphatic rings. The largest absolute Gasteiger partial charge is 0.508 e. The van der Waals surface area contributed by atoms with Gasteiger partial charge >= 0.3 is 0 Å². The van der Waals surface area contributed by atoms with E-state index >= 15 is 0 Å². The normalized spacial score (nSPS) is 14.9. The van der Waals surface area contributed by atoms with Crippen molar-refractivity contribution in [1.82, 2.24) is 15.5 Å². The number of hydrogen-bond acceptors (Lipinski definition) is 5. The molecule has 7 heteroatoms. The highest BCUT2D eigenvalue weighted by molar-refractivity contribution is 5.88. The summed E-state index contributed by atoms with van der Waals surface area (Å²) in [6.07, 6.45) is 3.38. The van der Waals surface area contributed by atoms with Gasteiger partial charge in [-0.1, -0.05) is 50.2 Å². The van der Waals surface area contributed by atoms with E-state index in [0.29, 0.717) is 39.0 Å². The van der Waals surface area contributed by atoms with Crippen LogP contribution in [0, 0.1) is 11.8 Å². The first-order valence-corrected chi connectivity index (χ1v) is 13.2. The van der Waals surface area contributed by atoms with Crippen molar-refractivity contribution in [3.05, 3.63) is 60.2 Å². The van der Waals surface area contributed by atoms with E-state index in [2.05, 4.69) is 24.5 Å². The van der Waals surface area contributed by atoms with Crippen molar-refractivity contribution in [3.63, 3.8) is 0 Å². The summed E-state index contributed by atoms with van der Waals surface area (Å²) < 4.78 is 5.83. The first kappa shape index (κ1) is 27.5. The molecule has 3 N–H and O–H groups in total. The van der Waals surface area contributed by atoms with Crippen molar-refractivity contribution in [1.29, 1.82) is 0 Å². The van der Waals surface area contributed by atoms with Gasteiger partial charge in [0.05, 0.1) is 6.61 Å². The van der Waals surface area contributed by atoms with Gasteiger partial charge in [-0.25, -0.2) is 0 Å². The Hall–Kier alpha value is -3.06. The molecule has 2 aromatic carbocycles. The van der Waals surface area contributed by atoms with Crippen LogP contribution in [0.2, 0.25) is 0 Å². The number of amides is 2. The average molecular weight is 496 g/mol. The van der Waals surface area contributed by atoms with Crippen LogP contribution in [0.15, 0.2) is 54.6 Å². The fourth-order valence-corrected chi connectivity index (χ4v) is 4.56. The predicted molar refractivity (Wildman–Crippen MR) is 142 cm³/mol. The number of carbonyl (C=O) groups is 2. The summed E-state index contributed by atoms with van der Waals surface area (Å²) in [6, 6.07) is 16.3. The van der Waals surface area contributed by atoms with E-state index in [1.165, 1.54) is 0 Å². The van der Waals surface area contributed by atoms with Crippen molar-refractivity contribution >= 4 is 11.8 Å². The van der Waals surface area contributed by atoms with Crippen molar-refractivity contribution in [3.8, 4) is 11.5 Å². The van der Waals surface area contributed by atoms with Crippen LogP contribution in [0.25, 0.3) is 0 Å². The van der Waals surface area contributed by atoms with E-state index in [-0.39, 0.29) is 29.4 Å². The maximum absolute atomic E-state index is 13.8. The second kappa shape index (κ2) is 14.5. The van der Waals surface area contributed by atoms with Crippen molar-refractivity contribution < 1.29 is 19.4 Å². The van der Waals surface area contributed by atoms with Gasteiger partial charge in [0, 0.05) is 19.0 Å². The number of ether oxygens (including phenoxy) is 1. The number of phenolic OH excluding ortho intramolecular Hbond substituents is 1. The Morgan fingerprint density at radius 1 is 1.06 bits per heavy atom. The summed E-state index contributed by atoms with van der Waals surface area (Å²) in [5.41, 5.74) is 0.801. The molecule has 3 rings (SSSR count). The molecule has 7 nitrogen and oxygen atoms in total. The summed E-state index contributed by atoms with van der Waals surface area (Å²) in [6.45, 7) is 7.25. The molecule has 0 spiro atoms. The highest BCUT2D eigenvalue weighted by Gasteiger charge is 2.30. The third-order valence-corrected chi connectivity index (χ3v) is 6.57. The van der Waals surface area contributed by atoms with Gasteiger partial charge in [-0.15, -0.1) is 0 Å². The maximum atomic E-state index is 13.8.